The third-order valence-electron chi connectivity index (χ3n) is 3.30. The molecule has 6 nitrogen and oxygen atoms in total. The fourth-order valence-electron chi connectivity index (χ4n) is 2.25. The van der Waals surface area contributed by atoms with Crippen LogP contribution in [0.1, 0.15) is 5.56 Å². The molecule has 0 amide bonds. The first-order valence-corrected chi connectivity index (χ1v) is 7.94. The summed E-state index contributed by atoms with van der Waals surface area (Å²) in [4.78, 5) is 3.92. The average molecular weight is 305 g/mol. The van der Waals surface area contributed by atoms with E-state index in [1.54, 1.807) is 6.07 Å². The molecule has 0 bridgehead atoms. The van der Waals surface area contributed by atoms with Gasteiger partial charge in [0.1, 0.15) is 12.4 Å². The van der Waals surface area contributed by atoms with Crippen molar-refractivity contribution in [1.82, 2.24) is 9.29 Å². The van der Waals surface area contributed by atoms with Crippen molar-refractivity contribution < 1.29 is 13.2 Å². The van der Waals surface area contributed by atoms with Gasteiger partial charge >= 0.3 is 0 Å². The van der Waals surface area contributed by atoms with Gasteiger partial charge in [-0.2, -0.15) is 4.31 Å². The molecule has 0 unspecified atom stereocenters. The minimum atomic E-state index is -3.74. The summed E-state index contributed by atoms with van der Waals surface area (Å²) in [6.07, 6.45) is 1.42. The van der Waals surface area contributed by atoms with Crippen LogP contribution in [0, 0.1) is 0 Å². The Bertz CT molecular complexity index is 762. The van der Waals surface area contributed by atoms with Gasteiger partial charge in [-0.15, -0.1) is 0 Å². The predicted molar refractivity (Wildman–Crippen MR) is 78.2 cm³/mol. The van der Waals surface area contributed by atoms with E-state index in [1.165, 1.54) is 16.6 Å². The molecule has 1 aromatic carbocycles. The summed E-state index contributed by atoms with van der Waals surface area (Å²) in [6, 6.07) is 10.5. The molecule has 0 atom stereocenters. The number of hydrogen-bond donors (Lipinski definition) is 1. The maximum Gasteiger partial charge on any atom is 0.263 e. The normalized spacial score (nSPS) is 15.8. The predicted octanol–water partition coefficient (Wildman–Crippen LogP) is 1.25. The van der Waals surface area contributed by atoms with Crippen molar-refractivity contribution in [2.45, 2.75) is 11.6 Å². The third-order valence-corrected chi connectivity index (χ3v) is 5.12. The number of aromatic nitrogens is 1. The van der Waals surface area contributed by atoms with E-state index in [9.17, 15) is 8.42 Å². The van der Waals surface area contributed by atoms with Gasteiger partial charge in [-0.05, 0) is 18.2 Å². The number of benzene rings is 1. The number of sulfonamides is 1. The van der Waals surface area contributed by atoms with E-state index in [4.69, 9.17) is 10.5 Å². The Labute approximate surface area is 123 Å². The number of fused-ring (bicyclic) bond motifs is 1. The highest BCUT2D eigenvalue weighted by Gasteiger charge is 2.30. The first-order chi connectivity index (χ1) is 10.1. The molecule has 0 fully saturated rings. The molecule has 0 spiro atoms. The molecule has 2 aromatic rings. The molecule has 1 aromatic heterocycles. The smallest absolute Gasteiger partial charge is 0.263 e. The first kappa shape index (κ1) is 13.8. The van der Waals surface area contributed by atoms with Crippen molar-refractivity contribution in [3.63, 3.8) is 0 Å². The lowest BCUT2D eigenvalue weighted by Gasteiger charge is -2.19. The third kappa shape index (κ3) is 2.57. The number of para-hydroxylation sites is 1. The van der Waals surface area contributed by atoms with Crippen LogP contribution in [-0.4, -0.2) is 30.9 Å². The second-order valence-corrected chi connectivity index (χ2v) is 6.55. The number of hydrogen-bond acceptors (Lipinski definition) is 5. The molecule has 110 valence electrons. The van der Waals surface area contributed by atoms with E-state index in [0.29, 0.717) is 12.4 Å². The molecule has 21 heavy (non-hydrogen) atoms. The molecule has 0 aliphatic carbocycles. The van der Waals surface area contributed by atoms with E-state index < -0.39 is 10.0 Å². The number of anilines is 1. The minimum Gasteiger partial charge on any atom is -0.492 e. The van der Waals surface area contributed by atoms with E-state index in [-0.39, 0.29) is 23.8 Å². The lowest BCUT2D eigenvalue weighted by Crippen LogP contribution is -2.33. The Hall–Kier alpha value is -2.12. The lowest BCUT2D eigenvalue weighted by atomic mass is 10.2. The summed E-state index contributed by atoms with van der Waals surface area (Å²) >= 11 is 0. The Morgan fingerprint density at radius 1 is 1.19 bits per heavy atom. The molecule has 7 heteroatoms. The number of ether oxygens (including phenoxy) is 1. The summed E-state index contributed by atoms with van der Waals surface area (Å²) in [5.41, 5.74) is 6.72. The van der Waals surface area contributed by atoms with Crippen LogP contribution in [0.5, 0.6) is 5.75 Å². The zero-order valence-electron chi connectivity index (χ0n) is 11.3. The quantitative estimate of drug-likeness (QED) is 0.902. The van der Waals surface area contributed by atoms with Gasteiger partial charge < -0.3 is 10.5 Å². The minimum absolute atomic E-state index is 0.107. The van der Waals surface area contributed by atoms with Gasteiger partial charge in [-0.1, -0.05) is 18.2 Å². The van der Waals surface area contributed by atoms with Crippen LogP contribution in [0.4, 0.5) is 5.69 Å². The maximum atomic E-state index is 12.7. The van der Waals surface area contributed by atoms with Crippen LogP contribution in [0.15, 0.2) is 47.6 Å². The van der Waals surface area contributed by atoms with Crippen molar-refractivity contribution in [2.75, 3.05) is 18.9 Å². The number of nitrogens with two attached hydrogens (primary N) is 1. The number of rotatable bonds is 2. The van der Waals surface area contributed by atoms with Crippen LogP contribution in [0.25, 0.3) is 0 Å². The monoisotopic (exact) mass is 305 g/mol. The van der Waals surface area contributed by atoms with Crippen molar-refractivity contribution in [3.8, 4) is 5.75 Å². The zero-order valence-corrected chi connectivity index (χ0v) is 12.1. The molecule has 0 saturated heterocycles. The van der Waals surface area contributed by atoms with Gasteiger partial charge in [0.05, 0.1) is 5.69 Å². The molecule has 2 N–H and O–H groups in total. The molecule has 0 radical (unpaired) electrons. The fourth-order valence-corrected chi connectivity index (χ4v) is 3.68. The van der Waals surface area contributed by atoms with E-state index in [2.05, 4.69) is 4.98 Å². The van der Waals surface area contributed by atoms with Crippen molar-refractivity contribution in [1.29, 1.82) is 0 Å². The molecule has 3 rings (SSSR count). The second-order valence-electron chi connectivity index (χ2n) is 4.69. The zero-order chi connectivity index (χ0) is 14.9. The summed E-state index contributed by atoms with van der Waals surface area (Å²) in [5, 5.41) is -0.107. The average Bonchev–Trinajstić information content (AvgIpc) is 2.70. The van der Waals surface area contributed by atoms with Crippen LogP contribution < -0.4 is 10.5 Å². The Kier molecular flexibility index (Phi) is 3.52. The lowest BCUT2D eigenvalue weighted by molar-refractivity contribution is 0.292. The summed E-state index contributed by atoms with van der Waals surface area (Å²) < 4.78 is 32.3. The van der Waals surface area contributed by atoms with Gasteiger partial charge in [0.2, 0.25) is 0 Å². The SMILES string of the molecule is Nc1cccnc1S(=O)(=O)N1CCOc2ccccc2C1. The molecule has 0 saturated carbocycles. The molecular formula is C14H15N3O3S. The summed E-state index contributed by atoms with van der Waals surface area (Å²) in [5.74, 6) is 0.712. The van der Waals surface area contributed by atoms with Crippen LogP contribution in [-0.2, 0) is 16.6 Å². The number of pyridine rings is 1. The van der Waals surface area contributed by atoms with Crippen LogP contribution in [0.2, 0.25) is 0 Å². The van der Waals surface area contributed by atoms with Crippen molar-refractivity contribution >= 4 is 15.7 Å². The van der Waals surface area contributed by atoms with Gasteiger partial charge in [0, 0.05) is 24.8 Å². The van der Waals surface area contributed by atoms with Gasteiger partial charge in [-0.3, -0.25) is 0 Å². The van der Waals surface area contributed by atoms with Gasteiger partial charge in [0.25, 0.3) is 10.0 Å². The largest absolute Gasteiger partial charge is 0.492 e. The summed E-state index contributed by atoms with van der Waals surface area (Å²) in [6.45, 7) is 0.796. The molecule has 2 heterocycles. The molecular weight excluding hydrogens is 290 g/mol. The van der Waals surface area contributed by atoms with Gasteiger partial charge in [-0.25, -0.2) is 13.4 Å². The number of nitrogen functional groups attached to an aromatic ring is 1. The van der Waals surface area contributed by atoms with Crippen LogP contribution in [0.3, 0.4) is 0 Å². The molecule has 1 aliphatic rings. The highest BCUT2D eigenvalue weighted by atomic mass is 32.2. The standard InChI is InChI=1S/C14H15N3O3S/c15-12-5-3-7-16-14(12)21(18,19)17-8-9-20-13-6-2-1-4-11(13)10-17/h1-7H,8-10,15H2. The second kappa shape index (κ2) is 5.34. The highest BCUT2D eigenvalue weighted by Crippen LogP contribution is 2.27. The van der Waals surface area contributed by atoms with Crippen molar-refractivity contribution in [2.24, 2.45) is 0 Å². The Morgan fingerprint density at radius 3 is 2.81 bits per heavy atom. The van der Waals surface area contributed by atoms with Gasteiger partial charge in [0.15, 0.2) is 5.03 Å². The van der Waals surface area contributed by atoms with E-state index in [0.717, 1.165) is 5.56 Å². The number of nitrogens with zero attached hydrogens (tertiary/aromatic N) is 2. The Balaban J connectivity index is 1.99. The van der Waals surface area contributed by atoms with E-state index >= 15 is 0 Å². The molecule has 1 aliphatic heterocycles. The first-order valence-electron chi connectivity index (χ1n) is 6.50. The topological polar surface area (TPSA) is 85.5 Å². The van der Waals surface area contributed by atoms with E-state index in [1.807, 2.05) is 24.3 Å². The fraction of sp³-hybridized carbons (Fsp3) is 0.214. The Morgan fingerprint density at radius 2 is 2.00 bits per heavy atom. The van der Waals surface area contributed by atoms with Crippen LogP contribution >= 0.6 is 0 Å². The maximum absolute atomic E-state index is 12.7. The van der Waals surface area contributed by atoms with Crippen molar-refractivity contribution in [3.05, 3.63) is 48.2 Å². The highest BCUT2D eigenvalue weighted by molar-refractivity contribution is 7.89. The summed E-state index contributed by atoms with van der Waals surface area (Å²) in [7, 11) is -3.74.